The summed E-state index contributed by atoms with van der Waals surface area (Å²) in [7, 11) is 3.80. The molecule has 2 aromatic rings. The smallest absolute Gasteiger partial charge is 0.321 e. The van der Waals surface area contributed by atoms with Gasteiger partial charge in [-0.25, -0.2) is 0 Å². The number of hydrogen-bond donors (Lipinski definition) is 3. The van der Waals surface area contributed by atoms with Crippen LogP contribution in [0.1, 0.15) is 5.56 Å². The highest BCUT2D eigenvalue weighted by Gasteiger charge is 2.19. The number of rotatable bonds is 6. The molecule has 5 nitrogen and oxygen atoms in total. The normalized spacial score (nSPS) is 13.0. The first-order valence-electron chi connectivity index (χ1n) is 6.24. The monoisotopic (exact) mass is 261 g/mol. The van der Waals surface area contributed by atoms with E-state index in [2.05, 4.69) is 10.3 Å². The van der Waals surface area contributed by atoms with Gasteiger partial charge in [0.2, 0.25) is 0 Å². The molecule has 0 radical (unpaired) electrons. The second kappa shape index (κ2) is 5.86. The first kappa shape index (κ1) is 13.6. The Morgan fingerprint density at radius 1 is 1.42 bits per heavy atom. The van der Waals surface area contributed by atoms with Crippen molar-refractivity contribution >= 4 is 16.9 Å². The molecule has 0 unspecified atom stereocenters. The molecule has 0 fully saturated rings. The Kier molecular flexibility index (Phi) is 4.19. The summed E-state index contributed by atoms with van der Waals surface area (Å²) in [6.07, 6.45) is 2.35. The van der Waals surface area contributed by atoms with Crippen LogP contribution in [0.4, 0.5) is 0 Å². The topological polar surface area (TPSA) is 68.4 Å². The van der Waals surface area contributed by atoms with E-state index >= 15 is 0 Å². The van der Waals surface area contributed by atoms with Crippen molar-refractivity contribution in [3.8, 4) is 0 Å². The number of hydrogen-bond acceptors (Lipinski definition) is 3. The van der Waals surface area contributed by atoms with E-state index in [1.54, 1.807) is 0 Å². The fourth-order valence-electron chi connectivity index (χ4n) is 2.06. The van der Waals surface area contributed by atoms with E-state index in [-0.39, 0.29) is 0 Å². The van der Waals surface area contributed by atoms with Gasteiger partial charge in [0, 0.05) is 30.2 Å². The van der Waals surface area contributed by atoms with Gasteiger partial charge in [-0.2, -0.15) is 0 Å². The van der Waals surface area contributed by atoms with Crippen molar-refractivity contribution in [2.24, 2.45) is 0 Å². The number of benzene rings is 1. The highest BCUT2D eigenvalue weighted by Crippen LogP contribution is 2.19. The molecule has 1 aromatic carbocycles. The minimum Gasteiger partial charge on any atom is -0.480 e. The zero-order valence-electron chi connectivity index (χ0n) is 11.2. The lowest BCUT2D eigenvalue weighted by Crippen LogP contribution is -2.42. The van der Waals surface area contributed by atoms with Gasteiger partial charge in [0.1, 0.15) is 6.04 Å². The Hall–Kier alpha value is -1.85. The maximum Gasteiger partial charge on any atom is 0.321 e. The Bertz CT molecular complexity index is 563. The van der Waals surface area contributed by atoms with Gasteiger partial charge in [0.05, 0.1) is 0 Å². The van der Waals surface area contributed by atoms with E-state index in [0.29, 0.717) is 13.1 Å². The Balaban J connectivity index is 2.14. The second-order valence-corrected chi connectivity index (χ2v) is 4.90. The van der Waals surface area contributed by atoms with Crippen LogP contribution in [0, 0.1) is 0 Å². The summed E-state index contributed by atoms with van der Waals surface area (Å²) in [6.45, 7) is 0.541. The first-order chi connectivity index (χ1) is 9.08. The maximum atomic E-state index is 11.3. The zero-order chi connectivity index (χ0) is 13.8. The van der Waals surface area contributed by atoms with Crippen LogP contribution in [0.5, 0.6) is 0 Å². The van der Waals surface area contributed by atoms with Gasteiger partial charge in [0.15, 0.2) is 0 Å². The van der Waals surface area contributed by atoms with Crippen molar-refractivity contribution in [3.05, 3.63) is 36.0 Å². The van der Waals surface area contributed by atoms with Crippen molar-refractivity contribution in [2.45, 2.75) is 12.5 Å². The molecule has 3 N–H and O–H groups in total. The van der Waals surface area contributed by atoms with Gasteiger partial charge in [-0.1, -0.05) is 18.2 Å². The predicted molar refractivity (Wildman–Crippen MR) is 75.1 cm³/mol. The average Bonchev–Trinajstić information content (AvgIpc) is 2.77. The van der Waals surface area contributed by atoms with E-state index in [4.69, 9.17) is 0 Å². The van der Waals surface area contributed by atoms with Crippen molar-refractivity contribution in [3.63, 3.8) is 0 Å². The highest BCUT2D eigenvalue weighted by atomic mass is 16.4. The van der Waals surface area contributed by atoms with E-state index < -0.39 is 12.0 Å². The Morgan fingerprint density at radius 3 is 2.84 bits per heavy atom. The largest absolute Gasteiger partial charge is 0.480 e. The van der Waals surface area contributed by atoms with Gasteiger partial charge in [-0.3, -0.25) is 15.0 Å². The molecule has 0 spiro atoms. The zero-order valence-corrected chi connectivity index (χ0v) is 11.2. The van der Waals surface area contributed by atoms with Gasteiger partial charge >= 0.3 is 5.97 Å². The molecular formula is C14H19N3O2. The third-order valence-corrected chi connectivity index (χ3v) is 3.05. The minimum absolute atomic E-state index is 0.465. The number of nitrogens with zero attached hydrogens (tertiary/aromatic N) is 1. The number of aliphatic carboxylic acids is 1. The number of aromatic amines is 1. The SMILES string of the molecule is CN(C)CN[C@H](Cc1c[nH]c2ccccc12)C(=O)O. The van der Waals surface area contributed by atoms with Crippen molar-refractivity contribution in [1.29, 1.82) is 0 Å². The third kappa shape index (κ3) is 3.33. The Labute approximate surface area is 112 Å². The van der Waals surface area contributed by atoms with Crippen LogP contribution in [-0.2, 0) is 11.2 Å². The molecule has 0 saturated heterocycles. The molecule has 0 bridgehead atoms. The number of carboxylic acids is 1. The Morgan fingerprint density at radius 2 is 2.16 bits per heavy atom. The summed E-state index contributed by atoms with van der Waals surface area (Å²) in [5, 5.41) is 13.4. The second-order valence-electron chi connectivity index (χ2n) is 4.90. The molecule has 0 aliphatic rings. The van der Waals surface area contributed by atoms with Gasteiger partial charge in [-0.15, -0.1) is 0 Å². The lowest BCUT2D eigenvalue weighted by atomic mass is 10.1. The van der Waals surface area contributed by atoms with Crippen LogP contribution in [0.25, 0.3) is 10.9 Å². The van der Waals surface area contributed by atoms with E-state index in [1.165, 1.54) is 0 Å². The molecule has 0 aliphatic carbocycles. The molecule has 0 saturated carbocycles. The lowest BCUT2D eigenvalue weighted by molar-refractivity contribution is -0.139. The van der Waals surface area contributed by atoms with Crippen LogP contribution in [0.3, 0.4) is 0 Å². The summed E-state index contributed by atoms with van der Waals surface area (Å²) in [5.41, 5.74) is 2.06. The molecule has 1 aromatic heterocycles. The molecule has 1 heterocycles. The van der Waals surface area contributed by atoms with Crippen LogP contribution < -0.4 is 5.32 Å². The van der Waals surface area contributed by atoms with Gasteiger partial charge < -0.3 is 10.1 Å². The fourth-order valence-corrected chi connectivity index (χ4v) is 2.06. The number of nitrogens with one attached hydrogen (secondary N) is 2. The van der Waals surface area contributed by atoms with Gasteiger partial charge in [0.25, 0.3) is 0 Å². The molecule has 2 rings (SSSR count). The van der Waals surface area contributed by atoms with E-state index in [0.717, 1.165) is 16.5 Å². The molecule has 19 heavy (non-hydrogen) atoms. The van der Waals surface area contributed by atoms with Crippen LogP contribution >= 0.6 is 0 Å². The number of aromatic nitrogens is 1. The van der Waals surface area contributed by atoms with Crippen LogP contribution in [-0.4, -0.2) is 47.8 Å². The summed E-state index contributed by atoms with van der Waals surface area (Å²) < 4.78 is 0. The standard InChI is InChI=1S/C14H19N3O2/c1-17(2)9-16-13(14(18)19)7-10-8-15-12-6-4-3-5-11(10)12/h3-6,8,13,15-16H,7,9H2,1-2H3,(H,18,19)/t13-/m1/s1. The average molecular weight is 261 g/mol. The fraction of sp³-hybridized carbons (Fsp3) is 0.357. The molecular weight excluding hydrogens is 242 g/mol. The van der Waals surface area contributed by atoms with E-state index in [9.17, 15) is 9.90 Å². The molecule has 0 aliphatic heterocycles. The predicted octanol–water partition coefficient (Wildman–Crippen LogP) is 1.27. The number of para-hydroxylation sites is 1. The molecule has 0 amide bonds. The quantitative estimate of drug-likeness (QED) is 0.685. The van der Waals surface area contributed by atoms with Gasteiger partial charge in [-0.05, 0) is 25.7 Å². The minimum atomic E-state index is -0.827. The van der Waals surface area contributed by atoms with Crippen molar-refractivity contribution < 1.29 is 9.90 Å². The molecule has 5 heteroatoms. The van der Waals surface area contributed by atoms with Crippen LogP contribution in [0.2, 0.25) is 0 Å². The van der Waals surface area contributed by atoms with Crippen molar-refractivity contribution in [1.82, 2.24) is 15.2 Å². The summed E-state index contributed by atoms with van der Waals surface area (Å²) in [4.78, 5) is 16.4. The summed E-state index contributed by atoms with van der Waals surface area (Å²) >= 11 is 0. The summed E-state index contributed by atoms with van der Waals surface area (Å²) in [5.74, 6) is -0.827. The summed E-state index contributed by atoms with van der Waals surface area (Å²) in [6, 6.07) is 7.33. The number of carbonyl (C=O) groups is 1. The van der Waals surface area contributed by atoms with Crippen molar-refractivity contribution in [2.75, 3.05) is 20.8 Å². The number of carboxylic acid groups (broad SMARTS) is 1. The number of H-pyrrole nitrogens is 1. The third-order valence-electron chi connectivity index (χ3n) is 3.05. The highest BCUT2D eigenvalue weighted by molar-refractivity contribution is 5.84. The van der Waals surface area contributed by atoms with E-state index in [1.807, 2.05) is 49.5 Å². The maximum absolute atomic E-state index is 11.3. The number of fused-ring (bicyclic) bond motifs is 1. The first-order valence-corrected chi connectivity index (χ1v) is 6.24. The molecule has 102 valence electrons. The lowest BCUT2D eigenvalue weighted by Gasteiger charge is -2.17. The molecule has 1 atom stereocenters. The van der Waals surface area contributed by atoms with Crippen LogP contribution in [0.15, 0.2) is 30.5 Å².